The average molecular weight is 261 g/mol. The Labute approximate surface area is 117 Å². The van der Waals surface area contributed by atoms with Crippen LogP contribution < -0.4 is 5.32 Å². The highest BCUT2D eigenvalue weighted by Crippen LogP contribution is 2.32. The fourth-order valence-electron chi connectivity index (χ4n) is 2.98. The van der Waals surface area contributed by atoms with Crippen LogP contribution in [-0.2, 0) is 6.42 Å². The number of aliphatic hydroxyl groups is 1. The van der Waals surface area contributed by atoms with Crippen molar-refractivity contribution in [3.63, 3.8) is 0 Å². The van der Waals surface area contributed by atoms with Gasteiger partial charge in [0, 0.05) is 6.04 Å². The first-order valence-corrected chi connectivity index (χ1v) is 7.71. The van der Waals surface area contributed by atoms with Gasteiger partial charge in [0.05, 0.1) is 5.60 Å². The van der Waals surface area contributed by atoms with Gasteiger partial charge in [0.2, 0.25) is 0 Å². The molecule has 0 aromatic heterocycles. The van der Waals surface area contributed by atoms with Crippen molar-refractivity contribution >= 4 is 0 Å². The van der Waals surface area contributed by atoms with E-state index in [1.165, 1.54) is 12.0 Å². The van der Waals surface area contributed by atoms with E-state index in [0.29, 0.717) is 6.04 Å². The van der Waals surface area contributed by atoms with E-state index in [0.717, 1.165) is 45.1 Å². The van der Waals surface area contributed by atoms with Crippen molar-refractivity contribution in [2.45, 2.75) is 63.5 Å². The highest BCUT2D eigenvalue weighted by molar-refractivity contribution is 5.15. The summed E-state index contributed by atoms with van der Waals surface area (Å²) in [5.74, 6) is 0. The van der Waals surface area contributed by atoms with Gasteiger partial charge in [-0.05, 0) is 57.1 Å². The Morgan fingerprint density at radius 3 is 2.53 bits per heavy atom. The molecule has 0 heterocycles. The number of rotatable bonds is 6. The molecule has 19 heavy (non-hydrogen) atoms. The standard InChI is InChI=1S/C17H27NO/c1-2-14-18-16-9-12-17(19,13-10-16)11-8-15-6-4-3-5-7-15/h3-7,16,18-19H,2,8-14H2,1H3. The summed E-state index contributed by atoms with van der Waals surface area (Å²) in [5, 5.41) is 14.2. The van der Waals surface area contributed by atoms with Crippen LogP contribution in [0.4, 0.5) is 0 Å². The molecule has 1 aliphatic carbocycles. The van der Waals surface area contributed by atoms with E-state index in [2.05, 4.69) is 36.5 Å². The minimum Gasteiger partial charge on any atom is -0.390 e. The van der Waals surface area contributed by atoms with Gasteiger partial charge in [-0.25, -0.2) is 0 Å². The van der Waals surface area contributed by atoms with Gasteiger partial charge in [-0.15, -0.1) is 0 Å². The molecule has 0 saturated heterocycles. The molecule has 1 aromatic carbocycles. The summed E-state index contributed by atoms with van der Waals surface area (Å²) < 4.78 is 0. The summed E-state index contributed by atoms with van der Waals surface area (Å²) in [6, 6.07) is 11.1. The fraction of sp³-hybridized carbons (Fsp3) is 0.647. The summed E-state index contributed by atoms with van der Waals surface area (Å²) in [6.07, 6.45) is 7.20. The summed E-state index contributed by atoms with van der Waals surface area (Å²) in [5.41, 5.74) is 0.905. The Bertz CT molecular complexity index is 355. The molecule has 106 valence electrons. The van der Waals surface area contributed by atoms with Crippen molar-refractivity contribution in [2.24, 2.45) is 0 Å². The van der Waals surface area contributed by atoms with E-state index in [9.17, 15) is 5.11 Å². The van der Waals surface area contributed by atoms with Gasteiger partial charge in [-0.2, -0.15) is 0 Å². The maximum Gasteiger partial charge on any atom is 0.0652 e. The van der Waals surface area contributed by atoms with Crippen molar-refractivity contribution < 1.29 is 5.11 Å². The lowest BCUT2D eigenvalue weighted by atomic mass is 9.79. The van der Waals surface area contributed by atoms with Gasteiger partial charge in [-0.1, -0.05) is 37.3 Å². The van der Waals surface area contributed by atoms with Crippen LogP contribution in [0.3, 0.4) is 0 Å². The number of aryl methyl sites for hydroxylation is 1. The minimum atomic E-state index is -0.430. The van der Waals surface area contributed by atoms with Crippen molar-refractivity contribution in [3.05, 3.63) is 35.9 Å². The molecule has 2 nitrogen and oxygen atoms in total. The SMILES string of the molecule is CCCNC1CCC(O)(CCc2ccccc2)CC1. The normalized spacial score (nSPS) is 27.4. The fourth-order valence-corrected chi connectivity index (χ4v) is 2.98. The highest BCUT2D eigenvalue weighted by atomic mass is 16.3. The molecular weight excluding hydrogens is 234 g/mol. The zero-order chi connectivity index (χ0) is 13.6. The number of hydrogen-bond donors (Lipinski definition) is 2. The monoisotopic (exact) mass is 261 g/mol. The number of benzene rings is 1. The molecule has 0 aliphatic heterocycles. The topological polar surface area (TPSA) is 32.3 Å². The summed E-state index contributed by atoms with van der Waals surface area (Å²) in [6.45, 7) is 3.30. The number of nitrogens with one attached hydrogen (secondary N) is 1. The van der Waals surface area contributed by atoms with Crippen molar-refractivity contribution in [2.75, 3.05) is 6.54 Å². The number of hydrogen-bond acceptors (Lipinski definition) is 2. The van der Waals surface area contributed by atoms with Crippen LogP contribution in [0.25, 0.3) is 0 Å². The first-order chi connectivity index (χ1) is 9.22. The Morgan fingerprint density at radius 2 is 1.89 bits per heavy atom. The van der Waals surface area contributed by atoms with Crippen LogP contribution in [0.2, 0.25) is 0 Å². The van der Waals surface area contributed by atoms with Crippen molar-refractivity contribution in [3.8, 4) is 0 Å². The van der Waals surface area contributed by atoms with Crippen LogP contribution in [0.1, 0.15) is 51.0 Å². The highest BCUT2D eigenvalue weighted by Gasteiger charge is 2.32. The molecule has 1 saturated carbocycles. The first-order valence-electron chi connectivity index (χ1n) is 7.71. The lowest BCUT2D eigenvalue weighted by Gasteiger charge is -2.36. The molecule has 0 radical (unpaired) electrons. The molecular formula is C17H27NO. The quantitative estimate of drug-likeness (QED) is 0.823. The predicted octanol–water partition coefficient (Wildman–Crippen LogP) is 3.29. The van der Waals surface area contributed by atoms with E-state index < -0.39 is 5.60 Å². The van der Waals surface area contributed by atoms with Gasteiger partial charge in [0.15, 0.2) is 0 Å². The predicted molar refractivity (Wildman–Crippen MR) is 80.3 cm³/mol. The van der Waals surface area contributed by atoms with Crippen LogP contribution in [0.15, 0.2) is 30.3 Å². The second kappa shape index (κ2) is 7.06. The first kappa shape index (κ1) is 14.5. The van der Waals surface area contributed by atoms with Gasteiger partial charge in [0.1, 0.15) is 0 Å². The van der Waals surface area contributed by atoms with Crippen LogP contribution in [0, 0.1) is 0 Å². The Hall–Kier alpha value is -0.860. The lowest BCUT2D eigenvalue weighted by molar-refractivity contribution is -0.0106. The average Bonchev–Trinajstić information content (AvgIpc) is 2.46. The Morgan fingerprint density at radius 1 is 1.21 bits per heavy atom. The third kappa shape index (κ3) is 4.63. The Kier molecular flexibility index (Phi) is 5.41. The third-order valence-electron chi connectivity index (χ3n) is 4.32. The van der Waals surface area contributed by atoms with Crippen molar-refractivity contribution in [1.82, 2.24) is 5.32 Å². The molecule has 0 atom stereocenters. The van der Waals surface area contributed by atoms with E-state index in [-0.39, 0.29) is 0 Å². The summed E-state index contributed by atoms with van der Waals surface area (Å²) in [7, 11) is 0. The zero-order valence-electron chi connectivity index (χ0n) is 12.1. The third-order valence-corrected chi connectivity index (χ3v) is 4.32. The van der Waals surface area contributed by atoms with E-state index in [1.807, 2.05) is 6.07 Å². The minimum absolute atomic E-state index is 0.430. The molecule has 0 unspecified atom stereocenters. The van der Waals surface area contributed by atoms with Gasteiger partial charge < -0.3 is 10.4 Å². The van der Waals surface area contributed by atoms with Crippen LogP contribution in [0.5, 0.6) is 0 Å². The van der Waals surface area contributed by atoms with Crippen LogP contribution in [-0.4, -0.2) is 23.3 Å². The summed E-state index contributed by atoms with van der Waals surface area (Å²) >= 11 is 0. The largest absolute Gasteiger partial charge is 0.390 e. The molecule has 2 N–H and O–H groups in total. The molecule has 1 fully saturated rings. The Balaban J connectivity index is 1.75. The molecule has 0 spiro atoms. The second-order valence-electron chi connectivity index (χ2n) is 5.94. The maximum absolute atomic E-state index is 10.6. The molecule has 0 amide bonds. The smallest absolute Gasteiger partial charge is 0.0652 e. The van der Waals surface area contributed by atoms with Gasteiger partial charge in [0.25, 0.3) is 0 Å². The van der Waals surface area contributed by atoms with Crippen LogP contribution >= 0.6 is 0 Å². The van der Waals surface area contributed by atoms with E-state index >= 15 is 0 Å². The maximum atomic E-state index is 10.6. The van der Waals surface area contributed by atoms with E-state index in [1.54, 1.807) is 0 Å². The molecule has 0 bridgehead atoms. The molecule has 1 aromatic rings. The van der Waals surface area contributed by atoms with E-state index in [4.69, 9.17) is 0 Å². The van der Waals surface area contributed by atoms with Gasteiger partial charge in [-0.3, -0.25) is 0 Å². The van der Waals surface area contributed by atoms with Crippen molar-refractivity contribution in [1.29, 1.82) is 0 Å². The zero-order valence-corrected chi connectivity index (χ0v) is 12.1. The summed E-state index contributed by atoms with van der Waals surface area (Å²) in [4.78, 5) is 0. The lowest BCUT2D eigenvalue weighted by Crippen LogP contribution is -2.41. The van der Waals surface area contributed by atoms with Gasteiger partial charge >= 0.3 is 0 Å². The second-order valence-corrected chi connectivity index (χ2v) is 5.94. The molecule has 1 aliphatic rings. The molecule has 2 rings (SSSR count). The molecule has 2 heteroatoms.